The molecule has 1 fully saturated rings. The summed E-state index contributed by atoms with van der Waals surface area (Å²) < 4.78 is 7.89. The van der Waals surface area contributed by atoms with Crippen LogP contribution in [0.5, 0.6) is 5.75 Å². The van der Waals surface area contributed by atoms with Crippen LogP contribution in [0.15, 0.2) is 35.6 Å². The van der Waals surface area contributed by atoms with E-state index in [9.17, 15) is 14.7 Å². The summed E-state index contributed by atoms with van der Waals surface area (Å²) in [5.41, 5.74) is 4.89. The Morgan fingerprint density at radius 2 is 2.19 bits per heavy atom. The Morgan fingerprint density at radius 1 is 1.42 bits per heavy atom. The van der Waals surface area contributed by atoms with E-state index in [-0.39, 0.29) is 21.8 Å². The molecule has 3 heterocycles. The first kappa shape index (κ1) is 25.6. The van der Waals surface area contributed by atoms with Crippen LogP contribution in [0.25, 0.3) is 10.8 Å². The number of aromatic nitrogens is 2. The van der Waals surface area contributed by atoms with Crippen molar-refractivity contribution in [2.75, 3.05) is 37.3 Å². The number of nitrogens with zero attached hydrogens (tertiary/aromatic N) is 3. The number of oxime groups is 1. The van der Waals surface area contributed by atoms with Gasteiger partial charge in [-0.3, -0.25) is 10.1 Å². The Kier molecular flexibility index (Phi) is 7.87. The number of ether oxygens (including phenoxy) is 1. The number of aryl methyl sites for hydroxylation is 1. The molecule has 2 aromatic heterocycles. The van der Waals surface area contributed by atoms with Crippen molar-refractivity contribution in [3.8, 4) is 5.75 Å². The number of carboxylic acid groups (broad SMARTS) is 1. The predicted molar refractivity (Wildman–Crippen MR) is 137 cm³/mol. The van der Waals surface area contributed by atoms with Crippen molar-refractivity contribution in [3.63, 3.8) is 0 Å². The van der Waals surface area contributed by atoms with Crippen LogP contribution in [0, 0.1) is 5.92 Å². The molecule has 13 heteroatoms. The van der Waals surface area contributed by atoms with Crippen LogP contribution < -0.4 is 25.7 Å². The molecule has 1 aliphatic heterocycles. The van der Waals surface area contributed by atoms with Gasteiger partial charge in [-0.2, -0.15) is 0 Å². The number of aliphatic carboxylic acids is 1. The zero-order chi connectivity index (χ0) is 25.8. The molecular formula is C23H26ClN6O5S+. The molecule has 5 N–H and O–H groups in total. The topological polar surface area (TPSA) is 152 Å². The number of carboxylic acids is 1. The van der Waals surface area contributed by atoms with Crippen LogP contribution in [0.3, 0.4) is 0 Å². The number of nitrogens with two attached hydrogens (primary N) is 1. The van der Waals surface area contributed by atoms with Crippen LogP contribution in [0.1, 0.15) is 12.6 Å². The summed E-state index contributed by atoms with van der Waals surface area (Å²) >= 11 is 6.90. The van der Waals surface area contributed by atoms with E-state index in [1.165, 1.54) is 6.92 Å². The zero-order valence-electron chi connectivity index (χ0n) is 19.7. The maximum absolute atomic E-state index is 12.1. The van der Waals surface area contributed by atoms with Gasteiger partial charge in [-0.25, -0.2) is 14.3 Å². The number of fused-ring (bicyclic) bond motifs is 1. The molecule has 0 saturated carbocycles. The molecule has 1 aromatic carbocycles. The Balaban J connectivity index is 1.47. The summed E-state index contributed by atoms with van der Waals surface area (Å²) in [6.07, 6.45) is 0.819. The Labute approximate surface area is 215 Å². The summed E-state index contributed by atoms with van der Waals surface area (Å²) in [5.74, 6) is 0.328. The maximum Gasteiger partial charge on any atom is 0.360 e. The third-order valence-electron chi connectivity index (χ3n) is 5.69. The number of benzene rings is 1. The van der Waals surface area contributed by atoms with Crippen LogP contribution in [-0.4, -0.2) is 59.9 Å². The van der Waals surface area contributed by atoms with E-state index in [1.807, 2.05) is 36.0 Å². The fourth-order valence-electron chi connectivity index (χ4n) is 3.55. The number of carbonyl (C=O) groups is 2. The largest absolute Gasteiger partial charge is 0.489 e. The van der Waals surface area contributed by atoms with Crippen molar-refractivity contribution in [1.29, 1.82) is 0 Å². The van der Waals surface area contributed by atoms with Crippen LogP contribution >= 0.6 is 22.9 Å². The molecule has 4 rings (SSSR count). The second-order valence-electron chi connectivity index (χ2n) is 8.36. The lowest BCUT2D eigenvalue weighted by Crippen LogP contribution is -2.46. The highest BCUT2D eigenvalue weighted by Gasteiger charge is 2.25. The van der Waals surface area contributed by atoms with Gasteiger partial charge in [0.1, 0.15) is 22.4 Å². The molecule has 3 aromatic rings. The first-order valence-corrected chi connectivity index (χ1v) is 12.3. The molecule has 11 nitrogen and oxygen atoms in total. The smallest absolute Gasteiger partial charge is 0.360 e. The first-order chi connectivity index (χ1) is 17.2. The second kappa shape index (κ2) is 11.1. The number of hydrogen-bond acceptors (Lipinski definition) is 10. The molecule has 0 bridgehead atoms. The molecule has 1 atom stereocenters. The van der Waals surface area contributed by atoms with E-state index in [0.717, 1.165) is 47.6 Å². The molecule has 0 unspecified atom stereocenters. The van der Waals surface area contributed by atoms with Crippen molar-refractivity contribution in [2.24, 2.45) is 18.1 Å². The normalized spacial score (nSPS) is 14.8. The average Bonchev–Trinajstić information content (AvgIpc) is 3.13. The van der Waals surface area contributed by atoms with Gasteiger partial charge < -0.3 is 25.7 Å². The van der Waals surface area contributed by atoms with Gasteiger partial charge in [-0.05, 0) is 36.6 Å². The summed E-state index contributed by atoms with van der Waals surface area (Å²) in [6.45, 7) is 4.04. The molecule has 1 saturated heterocycles. The lowest BCUT2D eigenvalue weighted by Gasteiger charge is -2.25. The molecular weight excluding hydrogens is 508 g/mol. The molecule has 0 spiro atoms. The van der Waals surface area contributed by atoms with E-state index in [4.69, 9.17) is 26.9 Å². The number of hydrogen-bond donors (Lipinski definition) is 4. The van der Waals surface area contributed by atoms with Gasteiger partial charge in [0.25, 0.3) is 5.82 Å². The quantitative estimate of drug-likeness (QED) is 0.164. The van der Waals surface area contributed by atoms with Crippen molar-refractivity contribution >= 4 is 62.1 Å². The van der Waals surface area contributed by atoms with E-state index < -0.39 is 23.6 Å². The SMILES string of the molecule is CC(=O)[C@H](COc1ccc2c(NCC3CNC3)[n+](C)ccc2c1)O/N=C(\C(=O)O)c1nc(N)sc1Cl. The second-order valence-corrected chi connectivity index (χ2v) is 10.00. The van der Waals surface area contributed by atoms with Crippen molar-refractivity contribution in [1.82, 2.24) is 10.3 Å². The van der Waals surface area contributed by atoms with Gasteiger partial charge in [0, 0.05) is 19.0 Å². The van der Waals surface area contributed by atoms with Crippen molar-refractivity contribution < 1.29 is 28.8 Å². The number of anilines is 2. The highest BCUT2D eigenvalue weighted by atomic mass is 35.5. The fraction of sp³-hybridized carbons (Fsp3) is 0.348. The zero-order valence-corrected chi connectivity index (χ0v) is 21.2. The summed E-state index contributed by atoms with van der Waals surface area (Å²) in [4.78, 5) is 32.8. The first-order valence-electron chi connectivity index (χ1n) is 11.1. The molecule has 190 valence electrons. The van der Waals surface area contributed by atoms with Crippen LogP contribution in [0.2, 0.25) is 4.34 Å². The Morgan fingerprint density at radius 3 is 2.81 bits per heavy atom. The molecule has 36 heavy (non-hydrogen) atoms. The number of rotatable bonds is 11. The number of nitrogens with one attached hydrogen (secondary N) is 2. The highest BCUT2D eigenvalue weighted by molar-refractivity contribution is 7.19. The fourth-order valence-corrected chi connectivity index (χ4v) is 4.48. The number of ketones is 1. The monoisotopic (exact) mass is 533 g/mol. The van der Waals surface area contributed by atoms with Gasteiger partial charge in [0.05, 0.1) is 25.2 Å². The number of nitrogen functional groups attached to an aromatic ring is 1. The molecule has 1 aliphatic rings. The van der Waals surface area contributed by atoms with E-state index in [1.54, 1.807) is 6.07 Å². The number of thiazole rings is 1. The van der Waals surface area contributed by atoms with Gasteiger partial charge in [0.2, 0.25) is 11.8 Å². The molecule has 0 radical (unpaired) electrons. The van der Waals surface area contributed by atoms with Crippen LogP contribution in [0.4, 0.5) is 10.9 Å². The Hall–Kier alpha value is -3.48. The van der Waals surface area contributed by atoms with Crippen molar-refractivity contribution in [3.05, 3.63) is 40.5 Å². The third-order valence-corrected chi connectivity index (χ3v) is 6.77. The van der Waals surface area contributed by atoms with Crippen LogP contribution in [-0.2, 0) is 21.5 Å². The lowest BCUT2D eigenvalue weighted by molar-refractivity contribution is -0.656. The lowest BCUT2D eigenvalue weighted by atomic mass is 10.0. The summed E-state index contributed by atoms with van der Waals surface area (Å²) in [6, 6.07) is 7.60. The summed E-state index contributed by atoms with van der Waals surface area (Å²) in [5, 5.41) is 22.0. The van der Waals surface area contributed by atoms with E-state index in [0.29, 0.717) is 11.7 Å². The highest BCUT2D eigenvalue weighted by Crippen LogP contribution is 2.27. The van der Waals surface area contributed by atoms with Gasteiger partial charge in [-0.15, -0.1) is 0 Å². The minimum atomic E-state index is -1.42. The standard InChI is InChI=1S/C23H25ClN6O5S/c1-12(31)17(35-29-19(22(32)33)18-20(24)36-23(25)28-18)11-34-15-3-4-16-14(7-15)5-6-30(2)21(16)27-10-13-8-26-9-13/h3-7,13,17,26H,8-11H2,1-2H3,(H3,25,28,32,33)/p+1/b29-19-/t17-/m0/s1. The molecule has 0 aliphatic carbocycles. The van der Waals surface area contributed by atoms with E-state index in [2.05, 4.69) is 20.8 Å². The maximum atomic E-state index is 12.1. The number of pyridine rings is 1. The number of carbonyl (C=O) groups excluding carboxylic acids is 1. The average molecular weight is 534 g/mol. The van der Waals surface area contributed by atoms with Crippen molar-refractivity contribution in [2.45, 2.75) is 13.0 Å². The predicted octanol–water partition coefficient (Wildman–Crippen LogP) is 1.83. The van der Waals surface area contributed by atoms with Gasteiger partial charge in [0.15, 0.2) is 10.9 Å². The minimum Gasteiger partial charge on any atom is -0.489 e. The van der Waals surface area contributed by atoms with E-state index >= 15 is 0 Å². The summed E-state index contributed by atoms with van der Waals surface area (Å²) in [7, 11) is 1.99. The number of Topliss-reactive ketones (excluding diaryl/α,β-unsaturated/α-hetero) is 1. The minimum absolute atomic E-state index is 0.0515. The Bertz CT molecular complexity index is 1330. The number of halogens is 1. The molecule has 0 amide bonds. The van der Waals surface area contributed by atoms with Gasteiger partial charge in [-0.1, -0.05) is 28.1 Å². The van der Waals surface area contributed by atoms with Gasteiger partial charge >= 0.3 is 5.97 Å². The third kappa shape index (κ3) is 5.83.